The van der Waals surface area contributed by atoms with Crippen molar-refractivity contribution in [1.82, 2.24) is 25.7 Å². The molecule has 0 aliphatic rings. The number of H-pyrrole nitrogens is 1. The number of urea groups is 1. The molecule has 0 fully saturated rings. The Hall–Kier alpha value is -3.75. The molecule has 0 radical (unpaired) electrons. The van der Waals surface area contributed by atoms with E-state index in [9.17, 15) is 9.18 Å². The number of hydrogen-bond acceptors (Lipinski definition) is 5. The molecule has 0 spiro atoms. The van der Waals surface area contributed by atoms with E-state index in [0.717, 1.165) is 16.5 Å². The Labute approximate surface area is 159 Å². The minimum atomic E-state index is -0.535. The van der Waals surface area contributed by atoms with Crippen LogP contribution in [0.1, 0.15) is 24.4 Å². The first-order chi connectivity index (χ1) is 13.5. The van der Waals surface area contributed by atoms with Crippen LogP contribution in [0.25, 0.3) is 22.3 Å². The molecule has 2 aromatic heterocycles. The van der Waals surface area contributed by atoms with Crippen LogP contribution in [0.2, 0.25) is 0 Å². The summed E-state index contributed by atoms with van der Waals surface area (Å²) in [6.45, 7) is 3.65. The molecule has 2 aromatic carbocycles. The number of aromatic amines is 1. The number of aromatic nitrogens is 4. The number of fused-ring (bicyclic) bond motifs is 1. The lowest BCUT2D eigenvalue weighted by Gasteiger charge is -2.11. The van der Waals surface area contributed by atoms with Gasteiger partial charge in [-0.2, -0.15) is 10.1 Å². The molecule has 1 unspecified atom stereocenters. The number of hydrogen-bond donors (Lipinski definition) is 3. The highest BCUT2D eigenvalue weighted by atomic mass is 19.1. The number of nitrogens with zero attached hydrogens (tertiary/aromatic N) is 3. The van der Waals surface area contributed by atoms with Crippen LogP contribution in [0, 0.1) is 12.7 Å². The first-order valence-corrected chi connectivity index (χ1v) is 8.60. The zero-order chi connectivity index (χ0) is 19.7. The minimum absolute atomic E-state index is 0.217. The van der Waals surface area contributed by atoms with Gasteiger partial charge in [0.05, 0.1) is 11.7 Å². The van der Waals surface area contributed by atoms with E-state index in [2.05, 4.69) is 31.0 Å². The molecule has 0 aliphatic heterocycles. The third-order valence-electron chi connectivity index (χ3n) is 4.27. The summed E-state index contributed by atoms with van der Waals surface area (Å²) in [6, 6.07) is 8.59. The summed E-state index contributed by atoms with van der Waals surface area (Å²) >= 11 is 0. The summed E-state index contributed by atoms with van der Waals surface area (Å²) in [5.41, 5.74) is 2.95. The molecule has 8 nitrogen and oxygen atoms in total. The third kappa shape index (κ3) is 3.54. The van der Waals surface area contributed by atoms with Gasteiger partial charge in [-0.1, -0.05) is 17.3 Å². The van der Waals surface area contributed by atoms with Crippen molar-refractivity contribution >= 4 is 22.6 Å². The van der Waals surface area contributed by atoms with Crippen LogP contribution >= 0.6 is 0 Å². The molecule has 0 aliphatic carbocycles. The third-order valence-corrected chi connectivity index (χ3v) is 4.27. The second-order valence-corrected chi connectivity index (χ2v) is 6.41. The van der Waals surface area contributed by atoms with Gasteiger partial charge in [0, 0.05) is 16.6 Å². The summed E-state index contributed by atoms with van der Waals surface area (Å²) in [7, 11) is 0. The van der Waals surface area contributed by atoms with Gasteiger partial charge in [0.2, 0.25) is 11.7 Å². The van der Waals surface area contributed by atoms with Gasteiger partial charge in [-0.15, -0.1) is 0 Å². The molecule has 4 aromatic rings. The van der Waals surface area contributed by atoms with Crippen molar-refractivity contribution in [2.24, 2.45) is 0 Å². The SMILES string of the molecule is Cc1cc(NC(=O)NC(C)c2nc(-c3cccc(F)c3)no2)cc2[nH]ncc12. The fourth-order valence-electron chi connectivity index (χ4n) is 2.88. The Balaban J connectivity index is 1.44. The Morgan fingerprint density at radius 3 is 2.96 bits per heavy atom. The van der Waals surface area contributed by atoms with E-state index in [4.69, 9.17) is 4.52 Å². The molecule has 0 saturated heterocycles. The molecule has 1 atom stereocenters. The molecular weight excluding hydrogens is 363 g/mol. The van der Waals surface area contributed by atoms with Crippen molar-refractivity contribution in [2.45, 2.75) is 19.9 Å². The van der Waals surface area contributed by atoms with E-state index in [1.807, 2.05) is 13.0 Å². The number of aryl methyl sites for hydroxylation is 1. The number of benzene rings is 2. The topological polar surface area (TPSA) is 109 Å². The van der Waals surface area contributed by atoms with E-state index in [1.165, 1.54) is 12.1 Å². The van der Waals surface area contributed by atoms with Crippen LogP contribution in [-0.4, -0.2) is 26.4 Å². The van der Waals surface area contributed by atoms with Crippen LogP contribution in [0.15, 0.2) is 47.1 Å². The summed E-state index contributed by atoms with van der Waals surface area (Å²) < 4.78 is 18.5. The molecule has 2 amide bonds. The fraction of sp³-hybridized carbons (Fsp3) is 0.158. The molecule has 142 valence electrons. The first-order valence-electron chi connectivity index (χ1n) is 8.60. The van der Waals surface area contributed by atoms with Gasteiger partial charge in [-0.3, -0.25) is 5.10 Å². The smallest absolute Gasteiger partial charge is 0.319 e. The Morgan fingerprint density at radius 2 is 2.14 bits per heavy atom. The lowest BCUT2D eigenvalue weighted by atomic mass is 10.1. The van der Waals surface area contributed by atoms with Crippen molar-refractivity contribution < 1.29 is 13.7 Å². The molecule has 3 N–H and O–H groups in total. The maximum absolute atomic E-state index is 13.3. The molecule has 4 rings (SSSR count). The molecular formula is C19H17FN6O2. The fourth-order valence-corrected chi connectivity index (χ4v) is 2.88. The van der Waals surface area contributed by atoms with Crippen molar-refractivity contribution in [1.29, 1.82) is 0 Å². The van der Waals surface area contributed by atoms with Crippen LogP contribution in [0.3, 0.4) is 0 Å². The lowest BCUT2D eigenvalue weighted by molar-refractivity contribution is 0.245. The summed E-state index contributed by atoms with van der Waals surface area (Å²) in [4.78, 5) is 16.5. The highest BCUT2D eigenvalue weighted by Gasteiger charge is 2.18. The number of amides is 2. The number of nitrogens with one attached hydrogen (secondary N) is 3. The van der Waals surface area contributed by atoms with Gasteiger partial charge in [0.25, 0.3) is 0 Å². The van der Waals surface area contributed by atoms with Crippen molar-refractivity contribution in [2.75, 3.05) is 5.32 Å². The second-order valence-electron chi connectivity index (χ2n) is 6.41. The first kappa shape index (κ1) is 17.7. The van der Waals surface area contributed by atoms with Gasteiger partial charge < -0.3 is 15.2 Å². The van der Waals surface area contributed by atoms with E-state index >= 15 is 0 Å². The number of rotatable bonds is 4. The van der Waals surface area contributed by atoms with Gasteiger partial charge in [0.1, 0.15) is 11.9 Å². The maximum atomic E-state index is 13.3. The number of halogens is 1. The predicted octanol–water partition coefficient (Wildman–Crippen LogP) is 3.94. The average molecular weight is 380 g/mol. The van der Waals surface area contributed by atoms with E-state index in [1.54, 1.807) is 31.3 Å². The van der Waals surface area contributed by atoms with Gasteiger partial charge in [0.15, 0.2) is 0 Å². The second kappa shape index (κ2) is 7.10. The summed E-state index contributed by atoms with van der Waals surface area (Å²) in [5, 5.41) is 17.2. The largest absolute Gasteiger partial charge is 0.337 e. The van der Waals surface area contributed by atoms with Gasteiger partial charge >= 0.3 is 6.03 Å². The number of carbonyl (C=O) groups excluding carboxylic acids is 1. The zero-order valence-corrected chi connectivity index (χ0v) is 15.2. The average Bonchev–Trinajstić information content (AvgIpc) is 3.31. The Bertz CT molecular complexity index is 1150. The van der Waals surface area contributed by atoms with E-state index in [0.29, 0.717) is 11.3 Å². The van der Waals surface area contributed by atoms with Gasteiger partial charge in [-0.25, -0.2) is 9.18 Å². The standard InChI is InChI=1S/C19H17FN6O2/c1-10-6-14(8-16-15(10)9-21-25-16)23-19(27)22-11(2)18-24-17(26-28-18)12-4-3-5-13(20)7-12/h3-9,11H,1-2H3,(H,21,25)(H2,22,23,27). The molecule has 0 bridgehead atoms. The van der Waals surface area contributed by atoms with Crippen LogP contribution in [0.5, 0.6) is 0 Å². The predicted molar refractivity (Wildman–Crippen MR) is 101 cm³/mol. The van der Waals surface area contributed by atoms with Crippen molar-refractivity contribution in [3.05, 3.63) is 59.9 Å². The van der Waals surface area contributed by atoms with Gasteiger partial charge in [-0.05, 0) is 43.7 Å². The Kier molecular flexibility index (Phi) is 4.48. The number of anilines is 1. The monoisotopic (exact) mass is 380 g/mol. The molecule has 2 heterocycles. The van der Waals surface area contributed by atoms with Crippen molar-refractivity contribution in [3.8, 4) is 11.4 Å². The lowest BCUT2D eigenvalue weighted by Crippen LogP contribution is -2.31. The Morgan fingerprint density at radius 1 is 1.29 bits per heavy atom. The summed E-state index contributed by atoms with van der Waals surface area (Å²) in [5.74, 6) is 0.0809. The molecule has 28 heavy (non-hydrogen) atoms. The van der Waals surface area contributed by atoms with Crippen LogP contribution in [0.4, 0.5) is 14.9 Å². The summed E-state index contributed by atoms with van der Waals surface area (Å²) in [6.07, 6.45) is 1.74. The quantitative estimate of drug-likeness (QED) is 0.497. The minimum Gasteiger partial charge on any atom is -0.337 e. The molecule has 0 saturated carbocycles. The van der Waals surface area contributed by atoms with E-state index < -0.39 is 12.1 Å². The highest BCUT2D eigenvalue weighted by molar-refractivity contribution is 5.93. The molecule has 9 heteroatoms. The van der Waals surface area contributed by atoms with Crippen LogP contribution in [-0.2, 0) is 0 Å². The maximum Gasteiger partial charge on any atom is 0.319 e. The van der Waals surface area contributed by atoms with Crippen molar-refractivity contribution in [3.63, 3.8) is 0 Å². The highest BCUT2D eigenvalue weighted by Crippen LogP contribution is 2.22. The normalized spacial score (nSPS) is 12.1. The van der Waals surface area contributed by atoms with E-state index in [-0.39, 0.29) is 17.5 Å². The zero-order valence-electron chi connectivity index (χ0n) is 15.2. The van der Waals surface area contributed by atoms with Crippen LogP contribution < -0.4 is 10.6 Å². The number of carbonyl (C=O) groups is 1.